The average molecular weight is 274 g/mol. The fourth-order valence-electron chi connectivity index (χ4n) is 2.84. The smallest absolute Gasteiger partial charge is 0.236 e. The van der Waals surface area contributed by atoms with E-state index in [1.165, 1.54) is 31.2 Å². The quantitative estimate of drug-likeness (QED) is 0.829. The molecular weight excluding hydrogens is 248 g/mol. The van der Waals surface area contributed by atoms with Crippen LogP contribution in [-0.4, -0.2) is 29.9 Å². The van der Waals surface area contributed by atoms with Crippen LogP contribution in [0.5, 0.6) is 0 Å². The lowest BCUT2D eigenvalue weighted by atomic mass is 10.2. The molecule has 3 nitrogen and oxygen atoms in total. The Kier molecular flexibility index (Phi) is 6.06. The zero-order valence-electron chi connectivity index (χ0n) is 12.5. The summed E-state index contributed by atoms with van der Waals surface area (Å²) >= 11 is 0. The molecule has 0 bridgehead atoms. The van der Waals surface area contributed by atoms with Crippen molar-refractivity contribution in [2.75, 3.05) is 13.1 Å². The largest absolute Gasteiger partial charge is 0.337 e. The molecule has 0 aromatic heterocycles. The summed E-state index contributed by atoms with van der Waals surface area (Å²) in [7, 11) is 0. The first-order chi connectivity index (χ1) is 9.79. The van der Waals surface area contributed by atoms with Crippen LogP contribution in [0.2, 0.25) is 0 Å². The van der Waals surface area contributed by atoms with Crippen LogP contribution < -0.4 is 5.32 Å². The third kappa shape index (κ3) is 4.64. The van der Waals surface area contributed by atoms with Crippen molar-refractivity contribution >= 4 is 5.91 Å². The first-order valence-electron chi connectivity index (χ1n) is 7.84. The van der Waals surface area contributed by atoms with Crippen LogP contribution in [0.1, 0.15) is 44.6 Å². The number of benzene rings is 1. The molecule has 1 N–H and O–H groups in total. The Morgan fingerprint density at radius 2 is 1.95 bits per heavy atom. The molecule has 3 heteroatoms. The fourth-order valence-corrected chi connectivity index (χ4v) is 2.84. The van der Waals surface area contributed by atoms with E-state index in [-0.39, 0.29) is 5.91 Å². The minimum Gasteiger partial charge on any atom is -0.337 e. The molecule has 1 saturated carbocycles. The third-order valence-electron chi connectivity index (χ3n) is 3.96. The molecular formula is C17H26N2O. The molecule has 0 heterocycles. The highest BCUT2D eigenvalue weighted by Crippen LogP contribution is 2.17. The Balaban J connectivity index is 1.84. The van der Waals surface area contributed by atoms with E-state index in [0.717, 1.165) is 19.5 Å². The van der Waals surface area contributed by atoms with Gasteiger partial charge in [0.25, 0.3) is 0 Å². The summed E-state index contributed by atoms with van der Waals surface area (Å²) in [5.74, 6) is 0.225. The molecule has 1 aromatic rings. The van der Waals surface area contributed by atoms with Crippen LogP contribution in [0.3, 0.4) is 0 Å². The first kappa shape index (κ1) is 15.0. The molecule has 1 aliphatic rings. The van der Waals surface area contributed by atoms with Gasteiger partial charge in [0.2, 0.25) is 5.91 Å². The first-order valence-corrected chi connectivity index (χ1v) is 7.84. The second-order valence-electron chi connectivity index (χ2n) is 5.66. The van der Waals surface area contributed by atoms with Crippen LogP contribution in [-0.2, 0) is 11.3 Å². The van der Waals surface area contributed by atoms with Gasteiger partial charge in [0, 0.05) is 19.1 Å². The van der Waals surface area contributed by atoms with Crippen molar-refractivity contribution < 1.29 is 4.79 Å². The standard InChI is InChI=1S/C17H26N2O/c1-2-12-19(14-15-8-4-3-5-9-15)17(20)13-18-16-10-6-7-11-16/h3-5,8-9,16,18H,2,6-7,10-14H2,1H3. The van der Waals surface area contributed by atoms with Gasteiger partial charge in [0.15, 0.2) is 0 Å². The van der Waals surface area contributed by atoms with Crippen molar-refractivity contribution in [2.45, 2.75) is 51.6 Å². The molecule has 110 valence electrons. The van der Waals surface area contributed by atoms with Crippen LogP contribution in [0.4, 0.5) is 0 Å². The van der Waals surface area contributed by atoms with Gasteiger partial charge in [-0.3, -0.25) is 4.79 Å². The second-order valence-corrected chi connectivity index (χ2v) is 5.66. The third-order valence-corrected chi connectivity index (χ3v) is 3.96. The van der Waals surface area contributed by atoms with Gasteiger partial charge in [-0.05, 0) is 24.8 Å². The summed E-state index contributed by atoms with van der Waals surface area (Å²) in [6, 6.07) is 10.8. The van der Waals surface area contributed by atoms with Gasteiger partial charge in [-0.15, -0.1) is 0 Å². The predicted molar refractivity (Wildman–Crippen MR) is 82.4 cm³/mol. The van der Waals surface area contributed by atoms with Crippen molar-refractivity contribution in [3.63, 3.8) is 0 Å². The molecule has 0 radical (unpaired) electrons. The van der Waals surface area contributed by atoms with Gasteiger partial charge in [-0.1, -0.05) is 50.1 Å². The molecule has 0 aliphatic heterocycles. The lowest BCUT2D eigenvalue weighted by Crippen LogP contribution is -2.41. The Morgan fingerprint density at radius 3 is 2.60 bits per heavy atom. The normalized spacial score (nSPS) is 15.4. The summed E-state index contributed by atoms with van der Waals surface area (Å²) in [5, 5.41) is 3.41. The second kappa shape index (κ2) is 8.05. The fraction of sp³-hybridized carbons (Fsp3) is 0.588. The number of nitrogens with zero attached hydrogens (tertiary/aromatic N) is 1. The Morgan fingerprint density at radius 1 is 1.25 bits per heavy atom. The Bertz CT molecular complexity index is 399. The predicted octanol–water partition coefficient (Wildman–Crippen LogP) is 2.96. The van der Waals surface area contributed by atoms with Crippen molar-refractivity contribution in [3.05, 3.63) is 35.9 Å². The molecule has 1 aromatic carbocycles. The minimum absolute atomic E-state index is 0.225. The highest BCUT2D eigenvalue weighted by atomic mass is 16.2. The summed E-state index contributed by atoms with van der Waals surface area (Å²) in [4.78, 5) is 14.3. The van der Waals surface area contributed by atoms with Crippen LogP contribution in [0.25, 0.3) is 0 Å². The van der Waals surface area contributed by atoms with Gasteiger partial charge in [0.1, 0.15) is 0 Å². The maximum absolute atomic E-state index is 12.4. The lowest BCUT2D eigenvalue weighted by Gasteiger charge is -2.23. The number of carbonyl (C=O) groups excluding carboxylic acids is 1. The summed E-state index contributed by atoms with van der Waals surface area (Å²) in [6.07, 6.45) is 6.05. The lowest BCUT2D eigenvalue weighted by molar-refractivity contribution is -0.131. The monoisotopic (exact) mass is 274 g/mol. The van der Waals surface area contributed by atoms with E-state index in [9.17, 15) is 4.79 Å². The van der Waals surface area contributed by atoms with Gasteiger partial charge in [0.05, 0.1) is 6.54 Å². The van der Waals surface area contributed by atoms with Gasteiger partial charge in [-0.25, -0.2) is 0 Å². The minimum atomic E-state index is 0.225. The number of nitrogens with one attached hydrogen (secondary N) is 1. The number of hydrogen-bond donors (Lipinski definition) is 1. The molecule has 2 rings (SSSR count). The SMILES string of the molecule is CCCN(Cc1ccccc1)C(=O)CNC1CCCC1. The zero-order chi connectivity index (χ0) is 14.2. The summed E-state index contributed by atoms with van der Waals surface area (Å²) in [6.45, 7) is 4.16. The summed E-state index contributed by atoms with van der Waals surface area (Å²) < 4.78 is 0. The number of rotatable bonds is 7. The van der Waals surface area contributed by atoms with E-state index in [2.05, 4.69) is 24.4 Å². The maximum Gasteiger partial charge on any atom is 0.236 e. The zero-order valence-corrected chi connectivity index (χ0v) is 12.5. The number of carbonyl (C=O) groups is 1. The van der Waals surface area contributed by atoms with Crippen LogP contribution >= 0.6 is 0 Å². The topological polar surface area (TPSA) is 32.3 Å². The number of amides is 1. The molecule has 1 fully saturated rings. The molecule has 0 saturated heterocycles. The van der Waals surface area contributed by atoms with Crippen molar-refractivity contribution in [2.24, 2.45) is 0 Å². The van der Waals surface area contributed by atoms with Gasteiger partial charge in [-0.2, -0.15) is 0 Å². The highest BCUT2D eigenvalue weighted by molar-refractivity contribution is 5.78. The van der Waals surface area contributed by atoms with E-state index < -0.39 is 0 Å². The molecule has 1 amide bonds. The summed E-state index contributed by atoms with van der Waals surface area (Å²) in [5.41, 5.74) is 1.20. The van der Waals surface area contributed by atoms with Gasteiger partial charge < -0.3 is 10.2 Å². The molecule has 0 atom stereocenters. The van der Waals surface area contributed by atoms with E-state index in [0.29, 0.717) is 12.6 Å². The Labute approximate surface area is 122 Å². The van der Waals surface area contributed by atoms with Gasteiger partial charge >= 0.3 is 0 Å². The van der Waals surface area contributed by atoms with E-state index in [4.69, 9.17) is 0 Å². The van der Waals surface area contributed by atoms with E-state index >= 15 is 0 Å². The molecule has 20 heavy (non-hydrogen) atoms. The van der Waals surface area contributed by atoms with Crippen molar-refractivity contribution in [1.29, 1.82) is 0 Å². The number of hydrogen-bond acceptors (Lipinski definition) is 2. The van der Waals surface area contributed by atoms with E-state index in [1.807, 2.05) is 23.1 Å². The molecule has 0 unspecified atom stereocenters. The van der Waals surface area contributed by atoms with E-state index in [1.54, 1.807) is 0 Å². The van der Waals surface area contributed by atoms with Crippen LogP contribution in [0.15, 0.2) is 30.3 Å². The van der Waals surface area contributed by atoms with Crippen molar-refractivity contribution in [3.8, 4) is 0 Å². The average Bonchev–Trinajstić information content (AvgIpc) is 2.99. The maximum atomic E-state index is 12.4. The molecule has 1 aliphatic carbocycles. The highest BCUT2D eigenvalue weighted by Gasteiger charge is 2.18. The van der Waals surface area contributed by atoms with Crippen molar-refractivity contribution in [1.82, 2.24) is 10.2 Å². The molecule has 0 spiro atoms. The Hall–Kier alpha value is -1.35. The van der Waals surface area contributed by atoms with Crippen LogP contribution in [0, 0.1) is 0 Å².